The van der Waals surface area contributed by atoms with Gasteiger partial charge in [-0.3, -0.25) is 4.90 Å². The van der Waals surface area contributed by atoms with Crippen LogP contribution in [0.4, 0.5) is 0 Å². The Hall–Kier alpha value is -1.08. The first-order valence-corrected chi connectivity index (χ1v) is 9.45. The zero-order valence-electron chi connectivity index (χ0n) is 14.3. The molecule has 3 heterocycles. The molecule has 1 N–H and O–H groups in total. The van der Waals surface area contributed by atoms with E-state index in [4.69, 9.17) is 9.47 Å². The Morgan fingerprint density at radius 3 is 3.00 bits per heavy atom. The molecule has 1 aromatic carbocycles. The van der Waals surface area contributed by atoms with Gasteiger partial charge in [0.05, 0.1) is 18.3 Å². The number of benzene rings is 1. The van der Waals surface area contributed by atoms with Crippen LogP contribution in [-0.4, -0.2) is 62.1 Å². The van der Waals surface area contributed by atoms with Gasteiger partial charge in [-0.2, -0.15) is 12.6 Å². The van der Waals surface area contributed by atoms with Crippen molar-refractivity contribution in [1.82, 2.24) is 10.2 Å². The molecule has 24 heavy (non-hydrogen) atoms. The Morgan fingerprint density at radius 2 is 2.17 bits per heavy atom. The molecule has 2 fully saturated rings. The van der Waals surface area contributed by atoms with Gasteiger partial charge in [-0.25, -0.2) is 4.79 Å². The third-order valence-corrected chi connectivity index (χ3v) is 4.90. The zero-order chi connectivity index (χ0) is 17.1. The number of morpholine rings is 1. The minimum absolute atomic E-state index is 0.0416. The van der Waals surface area contributed by atoms with Crippen LogP contribution in [0.2, 0.25) is 0 Å². The maximum Gasteiger partial charge on any atom is 0.338 e. The van der Waals surface area contributed by atoms with Gasteiger partial charge in [0.15, 0.2) is 0 Å². The molecule has 4 rings (SSSR count). The van der Waals surface area contributed by atoms with Crippen LogP contribution >= 0.6 is 12.6 Å². The highest BCUT2D eigenvalue weighted by atomic mass is 32.1. The molecule has 0 bridgehead atoms. The number of thiol groups is 1. The molecule has 3 unspecified atom stereocenters. The van der Waals surface area contributed by atoms with Gasteiger partial charge in [-0.15, -0.1) is 0 Å². The molecule has 3 atom stereocenters. The Morgan fingerprint density at radius 1 is 1.33 bits per heavy atom. The van der Waals surface area contributed by atoms with Gasteiger partial charge in [-0.1, -0.05) is 12.1 Å². The predicted octanol–water partition coefficient (Wildman–Crippen LogP) is 1.68. The van der Waals surface area contributed by atoms with Gasteiger partial charge in [0, 0.05) is 38.6 Å². The minimum atomic E-state index is -0.202. The minimum Gasteiger partial charge on any atom is -0.459 e. The van der Waals surface area contributed by atoms with Crippen molar-refractivity contribution in [3.63, 3.8) is 0 Å². The van der Waals surface area contributed by atoms with Crippen molar-refractivity contribution in [2.75, 3.05) is 39.0 Å². The lowest BCUT2D eigenvalue weighted by atomic mass is 9.94. The average molecular weight is 350 g/mol. The third kappa shape index (κ3) is 3.61. The number of hydrogen-bond acceptors (Lipinski definition) is 6. The fraction of sp³-hybridized carbons (Fsp3) is 0.611. The summed E-state index contributed by atoms with van der Waals surface area (Å²) in [7, 11) is 0. The molecule has 6 heteroatoms. The number of ether oxygens (including phenoxy) is 2. The van der Waals surface area contributed by atoms with E-state index in [1.54, 1.807) is 6.26 Å². The fourth-order valence-corrected chi connectivity index (χ4v) is 3.68. The van der Waals surface area contributed by atoms with Gasteiger partial charge >= 0.3 is 5.97 Å². The monoisotopic (exact) mass is 350 g/mol. The van der Waals surface area contributed by atoms with Crippen molar-refractivity contribution in [2.45, 2.75) is 31.6 Å². The predicted molar refractivity (Wildman–Crippen MR) is 96.9 cm³/mol. The highest BCUT2D eigenvalue weighted by molar-refractivity contribution is 7.79. The number of carbonyl (C=O) groups is 1. The molecule has 0 amide bonds. The second-order valence-corrected chi connectivity index (χ2v) is 6.51. The maximum absolute atomic E-state index is 11.9. The highest BCUT2D eigenvalue weighted by Crippen LogP contribution is 2.29. The molecule has 2 saturated heterocycles. The first kappa shape index (κ1) is 17.7. The summed E-state index contributed by atoms with van der Waals surface area (Å²) in [5.74, 6) is -0.202. The van der Waals surface area contributed by atoms with Gasteiger partial charge in [-0.05, 0) is 30.4 Å². The summed E-state index contributed by atoms with van der Waals surface area (Å²) >= 11 is 3.53. The standard InChI is InChI=1S/C17H22N2O3.CH4S/c1-11-6-13-7-12(2-3-15(13)17(20)22-11)16-9-19-5-4-18-8-14(19)10-21-16;1-2/h2-3,7,11,14,16,18H,4-6,8-10H2,1H3;2H,1H3. The molecule has 132 valence electrons. The summed E-state index contributed by atoms with van der Waals surface area (Å²) in [5, 5.41) is 3.42. The Balaban J connectivity index is 0.000000815. The van der Waals surface area contributed by atoms with Crippen LogP contribution in [0.1, 0.15) is 34.5 Å². The van der Waals surface area contributed by atoms with Crippen LogP contribution in [0.3, 0.4) is 0 Å². The van der Waals surface area contributed by atoms with Crippen LogP contribution in [0.25, 0.3) is 0 Å². The lowest BCUT2D eigenvalue weighted by molar-refractivity contribution is -0.0718. The van der Waals surface area contributed by atoms with E-state index < -0.39 is 0 Å². The molecular formula is C18H26N2O3S. The number of cyclic esters (lactones) is 1. The second kappa shape index (κ2) is 7.87. The van der Waals surface area contributed by atoms with Crippen LogP contribution < -0.4 is 5.32 Å². The lowest BCUT2D eigenvalue weighted by Crippen LogP contribution is -2.57. The van der Waals surface area contributed by atoms with E-state index >= 15 is 0 Å². The highest BCUT2D eigenvalue weighted by Gasteiger charge is 2.32. The summed E-state index contributed by atoms with van der Waals surface area (Å²) in [5.41, 5.74) is 2.97. The van der Waals surface area contributed by atoms with E-state index in [-0.39, 0.29) is 18.2 Å². The maximum atomic E-state index is 11.9. The first-order chi connectivity index (χ1) is 11.7. The Labute approximate surface area is 149 Å². The number of nitrogens with one attached hydrogen (secondary N) is 1. The van der Waals surface area contributed by atoms with E-state index in [0.29, 0.717) is 11.6 Å². The van der Waals surface area contributed by atoms with Gasteiger partial charge < -0.3 is 14.8 Å². The quantitative estimate of drug-likeness (QED) is 0.596. The van der Waals surface area contributed by atoms with E-state index in [1.807, 2.05) is 19.1 Å². The Kier molecular flexibility index (Phi) is 5.81. The largest absolute Gasteiger partial charge is 0.459 e. The van der Waals surface area contributed by atoms with Crippen LogP contribution in [0.15, 0.2) is 18.2 Å². The number of nitrogens with zero attached hydrogens (tertiary/aromatic N) is 1. The van der Waals surface area contributed by atoms with Gasteiger partial charge in [0.1, 0.15) is 6.10 Å². The van der Waals surface area contributed by atoms with Crippen molar-refractivity contribution in [3.8, 4) is 0 Å². The molecule has 0 saturated carbocycles. The summed E-state index contributed by atoms with van der Waals surface area (Å²) < 4.78 is 11.4. The first-order valence-electron chi connectivity index (χ1n) is 8.55. The van der Waals surface area contributed by atoms with Crippen molar-refractivity contribution >= 4 is 18.6 Å². The summed E-state index contributed by atoms with van der Waals surface area (Å²) in [6, 6.07) is 6.55. The Bertz CT molecular complexity index is 596. The molecule has 5 nitrogen and oxygen atoms in total. The van der Waals surface area contributed by atoms with Crippen molar-refractivity contribution in [1.29, 1.82) is 0 Å². The number of hydrogen-bond donors (Lipinski definition) is 2. The molecule has 0 spiro atoms. The van der Waals surface area contributed by atoms with Crippen LogP contribution in [0.5, 0.6) is 0 Å². The number of rotatable bonds is 1. The summed E-state index contributed by atoms with van der Waals surface area (Å²) in [6.45, 7) is 6.80. The second-order valence-electron chi connectivity index (χ2n) is 6.51. The molecule has 1 aromatic rings. The van der Waals surface area contributed by atoms with Crippen molar-refractivity contribution in [3.05, 3.63) is 34.9 Å². The van der Waals surface area contributed by atoms with Crippen molar-refractivity contribution in [2.24, 2.45) is 0 Å². The number of piperazine rings is 1. The molecule has 3 aliphatic rings. The smallest absolute Gasteiger partial charge is 0.338 e. The number of esters is 1. The topological polar surface area (TPSA) is 50.8 Å². The van der Waals surface area contributed by atoms with E-state index in [0.717, 1.165) is 44.8 Å². The molecule has 0 aliphatic carbocycles. The zero-order valence-corrected chi connectivity index (χ0v) is 15.2. The molecular weight excluding hydrogens is 324 g/mol. The summed E-state index contributed by atoms with van der Waals surface area (Å²) in [4.78, 5) is 14.4. The SMILES string of the molecule is CC1Cc2cc(C3CN4CCNCC4CO3)ccc2C(=O)O1.CS. The van der Waals surface area contributed by atoms with Gasteiger partial charge in [0.25, 0.3) is 0 Å². The third-order valence-electron chi connectivity index (χ3n) is 4.90. The lowest BCUT2D eigenvalue weighted by Gasteiger charge is -2.42. The van der Waals surface area contributed by atoms with Crippen molar-refractivity contribution < 1.29 is 14.3 Å². The van der Waals surface area contributed by atoms with E-state index in [9.17, 15) is 4.79 Å². The molecule has 0 radical (unpaired) electrons. The van der Waals surface area contributed by atoms with Gasteiger partial charge in [0.2, 0.25) is 0 Å². The van der Waals surface area contributed by atoms with Crippen LogP contribution in [-0.2, 0) is 15.9 Å². The fourth-order valence-electron chi connectivity index (χ4n) is 3.68. The molecule has 3 aliphatic heterocycles. The average Bonchev–Trinajstić information content (AvgIpc) is 2.62. The van der Waals surface area contributed by atoms with E-state index in [1.165, 1.54) is 5.56 Å². The van der Waals surface area contributed by atoms with Crippen LogP contribution in [0, 0.1) is 0 Å². The normalized spacial score (nSPS) is 29.6. The summed E-state index contributed by atoms with van der Waals surface area (Å²) in [6.07, 6.45) is 2.55. The molecule has 0 aromatic heterocycles. The number of carbonyl (C=O) groups excluding carboxylic acids is 1. The van der Waals surface area contributed by atoms with E-state index in [2.05, 4.69) is 28.9 Å². The number of fused-ring (bicyclic) bond motifs is 2.